The number of hydrogen-bond donors (Lipinski definition) is 2. The molecule has 4 aromatic heterocycles. The van der Waals surface area contributed by atoms with Gasteiger partial charge in [-0.3, -0.25) is 14.6 Å². The fourth-order valence-corrected chi connectivity index (χ4v) is 8.37. The predicted molar refractivity (Wildman–Crippen MR) is 174 cm³/mol. The molecule has 46 heavy (non-hydrogen) atoms. The van der Waals surface area contributed by atoms with Crippen LogP contribution in [-0.4, -0.2) is 84.1 Å². The van der Waals surface area contributed by atoms with Crippen LogP contribution in [0.1, 0.15) is 87.8 Å². The highest BCUT2D eigenvalue weighted by molar-refractivity contribution is 7.18. The first-order valence-corrected chi connectivity index (χ1v) is 18.2. The molecule has 4 fully saturated rings. The van der Waals surface area contributed by atoms with Gasteiger partial charge in [0.15, 0.2) is 16.0 Å². The van der Waals surface area contributed by atoms with Gasteiger partial charge in [0.2, 0.25) is 23.4 Å². The maximum absolute atomic E-state index is 14.6. The fraction of sp³-hybridized carbons (Fsp3) is 0.645. The first kappa shape index (κ1) is 30.1. The summed E-state index contributed by atoms with van der Waals surface area (Å²) < 4.78 is 11.4. The number of nitrogens with zero attached hydrogens (tertiary/aromatic N) is 8. The standard InChI is InChI=1S/C31H40N10O3S2/c32-30-34-15-23(45-30)26-36-28(43-38-26)19-5-9-40(10-6-19)21(13-17-1-2-17)25(42)22(14-18-3-4-18)41-11-7-20(8-12-41)29-37-27(39-44-29)24-16-35-31(33)46-24/h15-22H,1-14H2,(H2,32,34)(H2,33,35). The number of likely N-dealkylation sites (tertiary alicyclic amines) is 2. The van der Waals surface area contributed by atoms with Crippen LogP contribution in [0, 0.1) is 11.8 Å². The molecule has 2 atom stereocenters. The van der Waals surface area contributed by atoms with E-state index in [1.54, 1.807) is 12.4 Å². The van der Waals surface area contributed by atoms with Gasteiger partial charge in [-0.25, -0.2) is 9.97 Å². The summed E-state index contributed by atoms with van der Waals surface area (Å²) in [4.78, 5) is 38.7. The van der Waals surface area contributed by atoms with Crippen molar-refractivity contribution in [1.29, 1.82) is 0 Å². The summed E-state index contributed by atoms with van der Waals surface area (Å²) in [6.07, 6.45) is 13.9. The molecule has 13 nitrogen and oxygen atoms in total. The van der Waals surface area contributed by atoms with Crippen molar-refractivity contribution >= 4 is 38.7 Å². The molecule has 0 radical (unpaired) electrons. The molecule has 0 amide bonds. The lowest BCUT2D eigenvalue weighted by molar-refractivity contribution is -0.131. The Balaban J connectivity index is 0.918. The molecule has 6 heterocycles. The number of carbonyl (C=O) groups is 1. The number of rotatable bonds is 12. The van der Waals surface area contributed by atoms with Crippen LogP contribution in [0.25, 0.3) is 21.4 Å². The zero-order valence-electron chi connectivity index (χ0n) is 25.8. The number of carbonyl (C=O) groups excluding carboxylic acids is 1. The van der Waals surface area contributed by atoms with Crippen LogP contribution in [-0.2, 0) is 4.79 Å². The molecule has 2 aliphatic heterocycles. The van der Waals surface area contributed by atoms with E-state index in [0.717, 1.165) is 74.5 Å². The van der Waals surface area contributed by atoms with E-state index in [9.17, 15) is 4.79 Å². The second-order valence-electron chi connectivity index (χ2n) is 13.5. The van der Waals surface area contributed by atoms with Gasteiger partial charge in [-0.2, -0.15) is 9.97 Å². The molecule has 8 rings (SSSR count). The molecule has 0 aromatic carbocycles. The first-order chi connectivity index (χ1) is 22.5. The van der Waals surface area contributed by atoms with E-state index < -0.39 is 0 Å². The Kier molecular flexibility index (Phi) is 8.33. The third kappa shape index (κ3) is 6.60. The van der Waals surface area contributed by atoms with E-state index >= 15 is 0 Å². The number of nitrogens with two attached hydrogens (primary N) is 2. The summed E-state index contributed by atoms with van der Waals surface area (Å²) in [5, 5.41) is 9.36. The smallest absolute Gasteiger partial charge is 0.230 e. The molecule has 4 aliphatic rings. The maximum atomic E-state index is 14.6. The Labute approximate surface area is 275 Å². The molecule has 2 unspecified atom stereocenters. The van der Waals surface area contributed by atoms with E-state index in [1.165, 1.54) is 48.4 Å². The molecule has 244 valence electrons. The van der Waals surface area contributed by atoms with Gasteiger partial charge < -0.3 is 20.5 Å². The van der Waals surface area contributed by atoms with Crippen LogP contribution in [0.5, 0.6) is 0 Å². The van der Waals surface area contributed by atoms with Gasteiger partial charge in [0.25, 0.3) is 0 Å². The van der Waals surface area contributed by atoms with Gasteiger partial charge in [-0.15, -0.1) is 0 Å². The Morgan fingerprint density at radius 2 is 1.13 bits per heavy atom. The molecule has 0 bridgehead atoms. The number of thiazole rings is 2. The number of piperidine rings is 2. The highest BCUT2D eigenvalue weighted by Crippen LogP contribution is 2.41. The monoisotopic (exact) mass is 664 g/mol. The van der Waals surface area contributed by atoms with Gasteiger partial charge >= 0.3 is 0 Å². The Bertz CT molecular complexity index is 1520. The zero-order chi connectivity index (χ0) is 31.2. The van der Waals surface area contributed by atoms with E-state index in [4.69, 9.17) is 20.5 Å². The molecule has 0 spiro atoms. The quantitative estimate of drug-likeness (QED) is 0.210. The molecular weight excluding hydrogens is 625 g/mol. The van der Waals surface area contributed by atoms with Crippen LogP contribution < -0.4 is 11.5 Å². The van der Waals surface area contributed by atoms with Crippen molar-refractivity contribution in [2.75, 3.05) is 37.6 Å². The van der Waals surface area contributed by atoms with Crippen molar-refractivity contribution in [3.63, 3.8) is 0 Å². The van der Waals surface area contributed by atoms with E-state index in [1.807, 2.05) is 0 Å². The summed E-state index contributed by atoms with van der Waals surface area (Å²) in [6.45, 7) is 3.45. The topological polar surface area (TPSA) is 179 Å². The van der Waals surface area contributed by atoms with Crippen LogP contribution >= 0.6 is 22.7 Å². The Morgan fingerprint density at radius 1 is 0.717 bits per heavy atom. The summed E-state index contributed by atoms with van der Waals surface area (Å²) in [7, 11) is 0. The molecule has 15 heteroatoms. The summed E-state index contributed by atoms with van der Waals surface area (Å²) in [5.41, 5.74) is 11.6. The summed E-state index contributed by atoms with van der Waals surface area (Å²) in [6, 6.07) is -0.0580. The lowest BCUT2D eigenvalue weighted by Crippen LogP contribution is -2.54. The van der Waals surface area contributed by atoms with Gasteiger partial charge in [-0.05, 0) is 76.5 Å². The number of nitrogen functional groups attached to an aromatic ring is 2. The van der Waals surface area contributed by atoms with Crippen molar-refractivity contribution in [1.82, 2.24) is 40.0 Å². The van der Waals surface area contributed by atoms with E-state index in [2.05, 4.69) is 40.0 Å². The maximum Gasteiger partial charge on any atom is 0.230 e. The van der Waals surface area contributed by atoms with Crippen molar-refractivity contribution < 1.29 is 13.8 Å². The minimum atomic E-state index is -0.0290. The molecular formula is C31H40N10O3S2. The van der Waals surface area contributed by atoms with Crippen molar-refractivity contribution in [3.05, 3.63) is 24.2 Å². The molecule has 2 saturated carbocycles. The van der Waals surface area contributed by atoms with Crippen LogP contribution in [0.2, 0.25) is 0 Å². The second kappa shape index (κ2) is 12.7. The van der Waals surface area contributed by atoms with Crippen LogP contribution in [0.4, 0.5) is 10.3 Å². The Hall–Kier alpha value is -3.27. The highest BCUT2D eigenvalue weighted by Gasteiger charge is 2.43. The zero-order valence-corrected chi connectivity index (χ0v) is 27.4. The van der Waals surface area contributed by atoms with Crippen LogP contribution in [0.3, 0.4) is 0 Å². The third-order valence-electron chi connectivity index (χ3n) is 10.2. The number of Topliss-reactive ketones (excluding diaryl/α,β-unsaturated/α-hetero) is 1. The lowest BCUT2D eigenvalue weighted by Gasteiger charge is -2.41. The second-order valence-corrected chi connectivity index (χ2v) is 15.6. The van der Waals surface area contributed by atoms with Crippen LogP contribution in [0.15, 0.2) is 21.4 Å². The minimum Gasteiger partial charge on any atom is -0.375 e. The first-order valence-electron chi connectivity index (χ1n) is 16.6. The molecule has 4 aromatic rings. The van der Waals surface area contributed by atoms with E-state index in [-0.39, 0.29) is 23.9 Å². The van der Waals surface area contributed by atoms with Gasteiger partial charge in [0.1, 0.15) is 0 Å². The van der Waals surface area contributed by atoms with Gasteiger partial charge in [0.05, 0.1) is 34.2 Å². The normalized spacial score (nSPS) is 21.9. The minimum absolute atomic E-state index is 0.0290. The van der Waals surface area contributed by atoms with Crippen molar-refractivity contribution in [2.24, 2.45) is 11.8 Å². The summed E-state index contributed by atoms with van der Waals surface area (Å²) >= 11 is 2.72. The number of anilines is 2. The lowest BCUT2D eigenvalue weighted by atomic mass is 9.88. The average molecular weight is 665 g/mol. The predicted octanol–water partition coefficient (Wildman–Crippen LogP) is 4.83. The van der Waals surface area contributed by atoms with Crippen molar-refractivity contribution in [2.45, 2.75) is 88.1 Å². The third-order valence-corrected chi connectivity index (χ3v) is 11.8. The molecule has 2 aliphatic carbocycles. The van der Waals surface area contributed by atoms with Crippen molar-refractivity contribution in [3.8, 4) is 21.4 Å². The Morgan fingerprint density at radius 3 is 1.48 bits per heavy atom. The largest absolute Gasteiger partial charge is 0.375 e. The van der Waals surface area contributed by atoms with Gasteiger partial charge in [-0.1, -0.05) is 58.7 Å². The summed E-state index contributed by atoms with van der Waals surface area (Å²) in [5.74, 6) is 4.60. The number of aromatic nitrogens is 6. The van der Waals surface area contributed by atoms with Gasteiger partial charge in [0, 0.05) is 11.8 Å². The molecule has 2 saturated heterocycles. The molecule has 4 N–H and O–H groups in total. The number of hydrogen-bond acceptors (Lipinski definition) is 15. The van der Waals surface area contributed by atoms with E-state index in [0.29, 0.717) is 51.3 Å². The highest BCUT2D eigenvalue weighted by atomic mass is 32.1. The average Bonchev–Trinajstić information content (AvgIpc) is 3.79. The number of ketones is 1. The SMILES string of the molecule is Nc1ncc(-c2noc(C3CCN(C(CC4CC4)C(=O)C(CC4CC4)N4CCC(c5nc(-c6cnc(N)s6)no5)CC4)CC3)n2)s1. The fourth-order valence-electron chi connectivity index (χ4n) is 7.15.